The van der Waals surface area contributed by atoms with Crippen molar-refractivity contribution in [3.63, 3.8) is 0 Å². The molecule has 0 aliphatic carbocycles. The first-order chi connectivity index (χ1) is 17.2. The number of halogens is 2. The smallest absolute Gasteiger partial charge is 0.356 e. The van der Waals surface area contributed by atoms with E-state index in [0.29, 0.717) is 26.9 Å². The zero-order chi connectivity index (χ0) is 26.0. The van der Waals surface area contributed by atoms with Crippen LogP contribution in [0.3, 0.4) is 0 Å². The Hall–Kier alpha value is -4.14. The van der Waals surface area contributed by atoms with Crippen molar-refractivity contribution in [1.29, 1.82) is 0 Å². The summed E-state index contributed by atoms with van der Waals surface area (Å²) in [6.45, 7) is -0.676. The molecule has 0 radical (unpaired) electrons. The molecule has 0 aliphatic heterocycles. The van der Waals surface area contributed by atoms with Gasteiger partial charge in [0.15, 0.2) is 6.61 Å². The number of nitrogens with zero attached hydrogens (tertiary/aromatic N) is 1. The summed E-state index contributed by atoms with van der Waals surface area (Å²) in [6.07, 6.45) is 0. The molecule has 4 rings (SSSR count). The number of carbonyl (C=O) groups excluding carboxylic acids is 2. The molecule has 1 heterocycles. The molecular weight excluding hydrogens is 507 g/mol. The van der Waals surface area contributed by atoms with Gasteiger partial charge in [0, 0.05) is 28.7 Å². The van der Waals surface area contributed by atoms with Gasteiger partial charge < -0.3 is 19.7 Å². The van der Waals surface area contributed by atoms with Crippen molar-refractivity contribution in [2.24, 2.45) is 7.05 Å². The van der Waals surface area contributed by atoms with Crippen LogP contribution in [0, 0.1) is 0 Å². The van der Waals surface area contributed by atoms with Gasteiger partial charge >= 0.3 is 11.9 Å². The summed E-state index contributed by atoms with van der Waals surface area (Å²) in [4.78, 5) is 49.8. The van der Waals surface area contributed by atoms with E-state index in [0.717, 1.165) is 0 Å². The quantitative estimate of drug-likeness (QED) is 0.342. The van der Waals surface area contributed by atoms with Crippen LogP contribution in [0.25, 0.3) is 21.9 Å². The second-order valence-electron chi connectivity index (χ2n) is 7.76. The number of rotatable bonds is 6. The number of carboxylic acid groups (broad SMARTS) is 1. The summed E-state index contributed by atoms with van der Waals surface area (Å²) < 4.78 is 6.44. The number of anilines is 1. The Kier molecular flexibility index (Phi) is 7.10. The third-order valence-electron chi connectivity index (χ3n) is 5.44. The third-order valence-corrected chi connectivity index (χ3v) is 6.03. The molecule has 8 nitrogen and oxygen atoms in total. The van der Waals surface area contributed by atoms with Crippen LogP contribution in [0.1, 0.15) is 20.8 Å². The molecule has 2 N–H and O–H groups in total. The Morgan fingerprint density at radius 1 is 0.972 bits per heavy atom. The third kappa shape index (κ3) is 4.95. The van der Waals surface area contributed by atoms with Crippen LogP contribution in [0.5, 0.6) is 0 Å². The number of aromatic nitrogens is 1. The highest BCUT2D eigenvalue weighted by Gasteiger charge is 2.23. The molecule has 36 heavy (non-hydrogen) atoms. The molecule has 1 amide bonds. The van der Waals surface area contributed by atoms with Crippen LogP contribution < -0.4 is 10.9 Å². The minimum Gasteiger partial charge on any atom is -0.478 e. The van der Waals surface area contributed by atoms with Crippen molar-refractivity contribution < 1.29 is 24.2 Å². The second kappa shape index (κ2) is 10.2. The van der Waals surface area contributed by atoms with Gasteiger partial charge in [-0.25, -0.2) is 9.59 Å². The van der Waals surface area contributed by atoms with Crippen LogP contribution >= 0.6 is 23.2 Å². The Labute approximate surface area is 214 Å². The van der Waals surface area contributed by atoms with Gasteiger partial charge in [0.25, 0.3) is 11.5 Å². The van der Waals surface area contributed by atoms with Gasteiger partial charge in [0.2, 0.25) is 0 Å². The topological polar surface area (TPSA) is 115 Å². The fourth-order valence-electron chi connectivity index (χ4n) is 3.78. The van der Waals surface area contributed by atoms with Crippen molar-refractivity contribution in [2.75, 3.05) is 11.9 Å². The van der Waals surface area contributed by atoms with E-state index in [1.54, 1.807) is 48.5 Å². The zero-order valence-electron chi connectivity index (χ0n) is 18.7. The zero-order valence-corrected chi connectivity index (χ0v) is 20.3. The van der Waals surface area contributed by atoms with Crippen LogP contribution in [0.2, 0.25) is 10.0 Å². The number of hydrogen-bond acceptors (Lipinski definition) is 5. The van der Waals surface area contributed by atoms with E-state index in [1.807, 2.05) is 0 Å². The molecule has 1 aromatic heterocycles. The highest BCUT2D eigenvalue weighted by atomic mass is 35.5. The van der Waals surface area contributed by atoms with E-state index in [4.69, 9.17) is 27.9 Å². The number of pyridine rings is 1. The number of esters is 1. The number of fused-ring (bicyclic) bond motifs is 1. The van der Waals surface area contributed by atoms with E-state index in [2.05, 4.69) is 5.32 Å². The van der Waals surface area contributed by atoms with Gasteiger partial charge in [-0.3, -0.25) is 9.59 Å². The van der Waals surface area contributed by atoms with E-state index in [9.17, 15) is 24.3 Å². The van der Waals surface area contributed by atoms with E-state index >= 15 is 0 Å². The number of nitrogens with one attached hydrogen (secondary N) is 1. The SMILES string of the molecule is Cn1c(C(=O)OCC(=O)Nc2ccc(Cl)c(C(=O)O)c2)c(-c2ccc(Cl)cc2)c2ccccc2c1=O. The van der Waals surface area contributed by atoms with Crippen molar-refractivity contribution in [1.82, 2.24) is 4.57 Å². The van der Waals surface area contributed by atoms with Gasteiger partial charge in [-0.15, -0.1) is 0 Å². The molecule has 0 spiro atoms. The summed E-state index contributed by atoms with van der Waals surface area (Å²) in [6, 6.07) is 17.6. The maximum absolute atomic E-state index is 13.2. The van der Waals surface area contributed by atoms with Crippen molar-refractivity contribution in [3.05, 3.63) is 98.4 Å². The summed E-state index contributed by atoms with van der Waals surface area (Å²) >= 11 is 11.9. The first-order valence-electron chi connectivity index (χ1n) is 10.5. The number of amides is 1. The predicted octanol–water partition coefficient (Wildman–Crippen LogP) is 5.01. The molecule has 0 saturated heterocycles. The van der Waals surface area contributed by atoms with Crippen molar-refractivity contribution >= 4 is 57.5 Å². The summed E-state index contributed by atoms with van der Waals surface area (Å²) in [5.74, 6) is -2.85. The average Bonchev–Trinajstić information content (AvgIpc) is 2.86. The normalized spacial score (nSPS) is 10.8. The summed E-state index contributed by atoms with van der Waals surface area (Å²) in [5, 5.41) is 13.1. The lowest BCUT2D eigenvalue weighted by atomic mass is 9.97. The second-order valence-corrected chi connectivity index (χ2v) is 8.61. The van der Waals surface area contributed by atoms with Gasteiger partial charge in [0.1, 0.15) is 5.69 Å². The Morgan fingerprint density at radius 3 is 2.31 bits per heavy atom. The average molecular weight is 525 g/mol. The van der Waals surface area contributed by atoms with Crippen LogP contribution in [0.4, 0.5) is 5.69 Å². The first kappa shape index (κ1) is 25.0. The molecule has 0 fully saturated rings. The number of hydrogen-bond donors (Lipinski definition) is 2. The lowest BCUT2D eigenvalue weighted by Crippen LogP contribution is -2.28. The van der Waals surface area contributed by atoms with Crippen LogP contribution in [-0.4, -0.2) is 34.1 Å². The molecule has 0 unspecified atom stereocenters. The minimum atomic E-state index is -1.26. The molecule has 0 atom stereocenters. The predicted molar refractivity (Wildman–Crippen MR) is 137 cm³/mol. The lowest BCUT2D eigenvalue weighted by molar-refractivity contribution is -0.119. The summed E-state index contributed by atoms with van der Waals surface area (Å²) in [5.41, 5.74) is 0.627. The van der Waals surface area contributed by atoms with E-state index in [-0.39, 0.29) is 22.0 Å². The Morgan fingerprint density at radius 2 is 1.64 bits per heavy atom. The minimum absolute atomic E-state index is 0.0128. The first-order valence-corrected chi connectivity index (χ1v) is 11.3. The number of benzene rings is 3. The fourth-order valence-corrected chi connectivity index (χ4v) is 4.10. The fraction of sp³-hybridized carbons (Fsp3) is 0.0769. The number of carboxylic acids is 1. The molecule has 4 aromatic rings. The highest BCUT2D eigenvalue weighted by molar-refractivity contribution is 6.33. The van der Waals surface area contributed by atoms with E-state index < -0.39 is 30.0 Å². The molecule has 0 bridgehead atoms. The van der Waals surface area contributed by atoms with Crippen molar-refractivity contribution in [2.45, 2.75) is 0 Å². The number of aromatic carboxylic acids is 1. The Bertz CT molecular complexity index is 1580. The molecule has 10 heteroatoms. The molecule has 3 aromatic carbocycles. The molecule has 0 saturated carbocycles. The van der Waals surface area contributed by atoms with Crippen LogP contribution in [-0.2, 0) is 16.6 Å². The van der Waals surface area contributed by atoms with Gasteiger partial charge in [-0.05, 0) is 47.3 Å². The van der Waals surface area contributed by atoms with Crippen LogP contribution in [0.15, 0.2) is 71.5 Å². The standard InChI is InChI=1S/C26H18Cl2N2O6/c1-30-23(26(35)36-13-21(31)29-16-10-11-20(28)19(12-16)25(33)34)22(14-6-8-15(27)9-7-14)17-4-2-3-5-18(17)24(30)32/h2-12H,13H2,1H3,(H,29,31)(H,33,34). The lowest BCUT2D eigenvalue weighted by Gasteiger charge is -2.17. The molecular formula is C26H18Cl2N2O6. The van der Waals surface area contributed by atoms with Gasteiger partial charge in [-0.2, -0.15) is 0 Å². The van der Waals surface area contributed by atoms with Gasteiger partial charge in [-0.1, -0.05) is 53.5 Å². The number of carbonyl (C=O) groups is 3. The monoisotopic (exact) mass is 524 g/mol. The Balaban J connectivity index is 1.65. The summed E-state index contributed by atoms with van der Waals surface area (Å²) in [7, 11) is 1.45. The van der Waals surface area contributed by atoms with Gasteiger partial charge in [0.05, 0.1) is 10.6 Å². The highest BCUT2D eigenvalue weighted by Crippen LogP contribution is 2.32. The maximum atomic E-state index is 13.2. The van der Waals surface area contributed by atoms with Crippen molar-refractivity contribution in [3.8, 4) is 11.1 Å². The largest absolute Gasteiger partial charge is 0.478 e. The molecule has 182 valence electrons. The maximum Gasteiger partial charge on any atom is 0.356 e. The van der Waals surface area contributed by atoms with E-state index in [1.165, 1.54) is 29.8 Å². The molecule has 0 aliphatic rings. The number of ether oxygens (including phenoxy) is 1.